The maximum Gasteiger partial charge on any atom is 0.417 e. The topological polar surface area (TPSA) is 34.9 Å². The van der Waals surface area contributed by atoms with E-state index in [9.17, 15) is 18.0 Å². The van der Waals surface area contributed by atoms with Crippen molar-refractivity contribution in [1.29, 1.82) is 0 Å². The van der Waals surface area contributed by atoms with Gasteiger partial charge in [-0.05, 0) is 32.0 Å². The highest BCUT2D eigenvalue weighted by Crippen LogP contribution is 2.32. The van der Waals surface area contributed by atoms with Crippen molar-refractivity contribution in [2.24, 2.45) is 0 Å². The van der Waals surface area contributed by atoms with E-state index >= 15 is 0 Å². The van der Waals surface area contributed by atoms with Crippen LogP contribution in [0.2, 0.25) is 0 Å². The molecular formula is C13H11F3N2O. The van der Waals surface area contributed by atoms with E-state index in [1.165, 1.54) is 12.1 Å². The van der Waals surface area contributed by atoms with Gasteiger partial charge in [0, 0.05) is 5.69 Å². The average Bonchev–Trinajstić information content (AvgIpc) is 2.66. The third kappa shape index (κ3) is 2.52. The van der Waals surface area contributed by atoms with Gasteiger partial charge in [-0.25, -0.2) is 4.68 Å². The molecular weight excluding hydrogens is 257 g/mol. The lowest BCUT2D eigenvalue weighted by molar-refractivity contribution is -0.137. The fourth-order valence-corrected chi connectivity index (χ4v) is 1.87. The van der Waals surface area contributed by atoms with Crippen molar-refractivity contribution in [1.82, 2.24) is 9.78 Å². The van der Waals surface area contributed by atoms with Crippen molar-refractivity contribution in [3.8, 4) is 0 Å². The van der Waals surface area contributed by atoms with Gasteiger partial charge in [0.2, 0.25) is 0 Å². The van der Waals surface area contributed by atoms with Crippen molar-refractivity contribution >= 4 is 5.91 Å². The van der Waals surface area contributed by atoms with E-state index in [0.29, 0.717) is 11.4 Å². The zero-order chi connectivity index (χ0) is 14.2. The smallest absolute Gasteiger partial charge is 0.267 e. The van der Waals surface area contributed by atoms with Gasteiger partial charge in [-0.15, -0.1) is 0 Å². The number of hydrogen-bond acceptors (Lipinski definition) is 2. The second-order valence-electron chi connectivity index (χ2n) is 4.19. The summed E-state index contributed by atoms with van der Waals surface area (Å²) < 4.78 is 39.5. The van der Waals surface area contributed by atoms with E-state index in [1.807, 2.05) is 0 Å². The van der Waals surface area contributed by atoms with Crippen molar-refractivity contribution in [3.63, 3.8) is 0 Å². The molecule has 1 aromatic heterocycles. The average molecular weight is 268 g/mol. The summed E-state index contributed by atoms with van der Waals surface area (Å²) in [6.45, 7) is 3.29. The predicted octanol–water partition coefficient (Wildman–Crippen LogP) is 3.21. The lowest BCUT2D eigenvalue weighted by Crippen LogP contribution is -2.20. The van der Waals surface area contributed by atoms with Gasteiger partial charge in [0.05, 0.1) is 16.8 Å². The van der Waals surface area contributed by atoms with Gasteiger partial charge in [0.15, 0.2) is 0 Å². The number of hydrogen-bond donors (Lipinski definition) is 0. The number of aryl methyl sites for hydroxylation is 2. The maximum absolute atomic E-state index is 12.8. The monoisotopic (exact) mass is 268 g/mol. The molecule has 0 amide bonds. The number of carbonyl (C=O) groups excluding carboxylic acids is 1. The minimum atomic E-state index is -4.57. The van der Waals surface area contributed by atoms with Crippen LogP contribution in [0.25, 0.3) is 0 Å². The molecule has 0 bridgehead atoms. The van der Waals surface area contributed by atoms with Crippen LogP contribution < -0.4 is 0 Å². The minimum Gasteiger partial charge on any atom is -0.267 e. The van der Waals surface area contributed by atoms with Crippen LogP contribution in [0.4, 0.5) is 13.2 Å². The lowest BCUT2D eigenvalue weighted by atomic mass is 10.1. The molecule has 1 aromatic carbocycles. The Kier molecular flexibility index (Phi) is 3.18. The Morgan fingerprint density at radius 2 is 1.84 bits per heavy atom. The van der Waals surface area contributed by atoms with Gasteiger partial charge < -0.3 is 0 Å². The van der Waals surface area contributed by atoms with Gasteiger partial charge in [-0.3, -0.25) is 4.79 Å². The first-order valence-corrected chi connectivity index (χ1v) is 5.55. The SMILES string of the molecule is Cc1cc(C)n(C(=O)c2ccccc2C(F)(F)F)n1. The van der Waals surface area contributed by atoms with Gasteiger partial charge in [0.25, 0.3) is 5.91 Å². The molecule has 0 N–H and O–H groups in total. The summed E-state index contributed by atoms with van der Waals surface area (Å²) in [4.78, 5) is 12.1. The van der Waals surface area contributed by atoms with E-state index in [0.717, 1.165) is 16.8 Å². The molecule has 3 nitrogen and oxygen atoms in total. The van der Waals surface area contributed by atoms with Crippen LogP contribution in [0.15, 0.2) is 30.3 Å². The van der Waals surface area contributed by atoms with Gasteiger partial charge >= 0.3 is 6.18 Å². The van der Waals surface area contributed by atoms with Crippen molar-refractivity contribution in [2.45, 2.75) is 20.0 Å². The highest BCUT2D eigenvalue weighted by atomic mass is 19.4. The zero-order valence-corrected chi connectivity index (χ0v) is 10.3. The normalized spacial score (nSPS) is 11.6. The first-order valence-electron chi connectivity index (χ1n) is 5.55. The molecule has 1 heterocycles. The molecule has 2 rings (SSSR count). The number of rotatable bonds is 1. The van der Waals surface area contributed by atoms with Crippen LogP contribution in [0.1, 0.15) is 27.3 Å². The Labute approximate surface area is 107 Å². The number of aromatic nitrogens is 2. The summed E-state index contributed by atoms with van der Waals surface area (Å²) in [7, 11) is 0. The Balaban J connectivity index is 2.54. The molecule has 19 heavy (non-hydrogen) atoms. The number of halogens is 3. The maximum atomic E-state index is 12.8. The van der Waals surface area contributed by atoms with Crippen molar-refractivity contribution in [3.05, 3.63) is 52.8 Å². The Bertz CT molecular complexity index is 629. The molecule has 0 aliphatic rings. The zero-order valence-electron chi connectivity index (χ0n) is 10.3. The second-order valence-corrected chi connectivity index (χ2v) is 4.19. The Hall–Kier alpha value is -2.11. The van der Waals surface area contributed by atoms with Gasteiger partial charge in [-0.2, -0.15) is 18.3 Å². The molecule has 0 spiro atoms. The summed E-state index contributed by atoms with van der Waals surface area (Å²) in [5.74, 6) is -0.779. The molecule has 0 unspecified atom stereocenters. The van der Waals surface area contributed by atoms with E-state index in [1.54, 1.807) is 19.9 Å². The standard InChI is InChI=1S/C13H11F3N2O/c1-8-7-9(2)18(17-8)12(19)10-5-3-4-6-11(10)13(14,15)16/h3-7H,1-2H3. The van der Waals surface area contributed by atoms with Gasteiger partial charge in [-0.1, -0.05) is 12.1 Å². The van der Waals surface area contributed by atoms with Crippen molar-refractivity contribution < 1.29 is 18.0 Å². The number of nitrogens with zero attached hydrogens (tertiary/aromatic N) is 2. The summed E-state index contributed by atoms with van der Waals surface area (Å²) in [6.07, 6.45) is -4.57. The second kappa shape index (κ2) is 4.53. The number of carbonyl (C=O) groups is 1. The molecule has 0 radical (unpaired) electrons. The molecule has 0 aliphatic heterocycles. The summed E-state index contributed by atoms with van der Waals surface area (Å²) in [5.41, 5.74) is -0.274. The molecule has 0 atom stereocenters. The van der Waals surface area contributed by atoms with Crippen molar-refractivity contribution in [2.75, 3.05) is 0 Å². The van der Waals surface area contributed by atoms with Gasteiger partial charge in [0.1, 0.15) is 0 Å². The molecule has 0 saturated carbocycles. The van der Waals surface area contributed by atoms with Crippen LogP contribution in [-0.4, -0.2) is 15.7 Å². The fourth-order valence-electron chi connectivity index (χ4n) is 1.87. The largest absolute Gasteiger partial charge is 0.417 e. The molecule has 2 aromatic rings. The molecule has 0 fully saturated rings. The Morgan fingerprint density at radius 1 is 1.21 bits per heavy atom. The first kappa shape index (κ1) is 13.3. The predicted molar refractivity (Wildman–Crippen MR) is 62.9 cm³/mol. The molecule has 0 aliphatic carbocycles. The highest BCUT2D eigenvalue weighted by Gasteiger charge is 2.35. The Morgan fingerprint density at radius 3 is 2.37 bits per heavy atom. The van der Waals surface area contributed by atoms with Crippen LogP contribution in [0.5, 0.6) is 0 Å². The summed E-state index contributed by atoms with van der Waals surface area (Å²) in [6, 6.07) is 6.32. The lowest BCUT2D eigenvalue weighted by Gasteiger charge is -2.12. The van der Waals surface area contributed by atoms with E-state index < -0.39 is 23.2 Å². The molecule has 100 valence electrons. The minimum absolute atomic E-state index is 0.402. The fraction of sp³-hybridized carbons (Fsp3) is 0.231. The third-order valence-corrected chi connectivity index (χ3v) is 2.66. The van der Waals surface area contributed by atoms with E-state index in [2.05, 4.69) is 5.10 Å². The number of benzene rings is 1. The quantitative estimate of drug-likeness (QED) is 0.796. The van der Waals surface area contributed by atoms with Crippen LogP contribution >= 0.6 is 0 Å². The van der Waals surface area contributed by atoms with Crippen LogP contribution in [0.3, 0.4) is 0 Å². The number of alkyl halides is 3. The van der Waals surface area contributed by atoms with E-state index in [4.69, 9.17) is 0 Å². The molecule has 0 saturated heterocycles. The van der Waals surface area contributed by atoms with E-state index in [-0.39, 0.29) is 0 Å². The van der Waals surface area contributed by atoms with Crippen LogP contribution in [0, 0.1) is 13.8 Å². The summed E-state index contributed by atoms with van der Waals surface area (Å²) >= 11 is 0. The van der Waals surface area contributed by atoms with Crippen LogP contribution in [-0.2, 0) is 6.18 Å². The molecule has 6 heteroatoms. The first-order chi connectivity index (χ1) is 8.80. The summed E-state index contributed by atoms with van der Waals surface area (Å²) in [5, 5.41) is 3.91. The third-order valence-electron chi connectivity index (χ3n) is 2.66. The highest BCUT2D eigenvalue weighted by molar-refractivity contribution is 5.97.